The molecule has 0 radical (unpaired) electrons. The van der Waals surface area contributed by atoms with Crippen LogP contribution in [0.4, 0.5) is 5.69 Å². The number of aryl methyl sites for hydroxylation is 1. The van der Waals surface area contributed by atoms with E-state index < -0.39 is 7.12 Å². The molecule has 5 heteroatoms. The molecule has 0 spiro atoms. The van der Waals surface area contributed by atoms with Crippen LogP contribution in [0, 0.1) is 6.92 Å². The number of nitrogens with two attached hydrogens (primary N) is 1. The average Bonchev–Trinajstić information content (AvgIpc) is 2.15. The molecule has 0 atom stereocenters. The van der Waals surface area contributed by atoms with E-state index in [0.29, 0.717) is 11.2 Å². The SMILES string of the molecule is C=C(N)C=Nc1ccc(B(O)O)cc1C. The number of hydrogen-bond acceptors (Lipinski definition) is 4. The van der Waals surface area contributed by atoms with E-state index in [9.17, 15) is 0 Å². The molecule has 0 heterocycles. The highest BCUT2D eigenvalue weighted by Crippen LogP contribution is 2.15. The number of rotatable bonds is 3. The summed E-state index contributed by atoms with van der Waals surface area (Å²) in [5.41, 5.74) is 7.74. The van der Waals surface area contributed by atoms with Crippen molar-refractivity contribution in [1.29, 1.82) is 0 Å². The first-order valence-corrected chi connectivity index (χ1v) is 4.46. The minimum absolute atomic E-state index is 0.376. The summed E-state index contributed by atoms with van der Waals surface area (Å²) >= 11 is 0. The molecule has 15 heavy (non-hydrogen) atoms. The molecule has 0 unspecified atom stereocenters. The van der Waals surface area contributed by atoms with Crippen LogP contribution < -0.4 is 11.2 Å². The minimum Gasteiger partial charge on any atom is -0.423 e. The van der Waals surface area contributed by atoms with Gasteiger partial charge in [0.15, 0.2) is 0 Å². The van der Waals surface area contributed by atoms with Crippen molar-refractivity contribution < 1.29 is 10.0 Å². The van der Waals surface area contributed by atoms with Crippen LogP contribution in [-0.2, 0) is 0 Å². The van der Waals surface area contributed by atoms with Gasteiger partial charge >= 0.3 is 7.12 Å². The summed E-state index contributed by atoms with van der Waals surface area (Å²) in [5.74, 6) is 0. The third-order valence-corrected chi connectivity index (χ3v) is 1.89. The lowest BCUT2D eigenvalue weighted by atomic mass is 9.79. The highest BCUT2D eigenvalue weighted by molar-refractivity contribution is 6.58. The van der Waals surface area contributed by atoms with Crippen molar-refractivity contribution >= 4 is 24.5 Å². The molecule has 0 aliphatic heterocycles. The zero-order valence-corrected chi connectivity index (χ0v) is 8.51. The van der Waals surface area contributed by atoms with E-state index in [1.165, 1.54) is 6.21 Å². The van der Waals surface area contributed by atoms with E-state index in [1.54, 1.807) is 18.2 Å². The largest absolute Gasteiger partial charge is 0.488 e. The van der Waals surface area contributed by atoms with Gasteiger partial charge in [-0.25, -0.2) is 0 Å². The van der Waals surface area contributed by atoms with Crippen LogP contribution in [0.5, 0.6) is 0 Å². The Balaban J connectivity index is 2.98. The van der Waals surface area contributed by atoms with Crippen LogP contribution >= 0.6 is 0 Å². The molecule has 4 N–H and O–H groups in total. The predicted octanol–water partition coefficient (Wildman–Crippen LogP) is -0.150. The van der Waals surface area contributed by atoms with Gasteiger partial charge in [-0.3, -0.25) is 4.99 Å². The predicted molar refractivity (Wildman–Crippen MR) is 62.5 cm³/mol. The van der Waals surface area contributed by atoms with E-state index in [-0.39, 0.29) is 0 Å². The molecule has 1 aromatic carbocycles. The summed E-state index contributed by atoms with van der Waals surface area (Å²) in [6, 6.07) is 4.96. The molecular formula is C10H13BN2O2. The zero-order valence-electron chi connectivity index (χ0n) is 8.51. The lowest BCUT2D eigenvalue weighted by Gasteiger charge is -2.03. The Labute approximate surface area is 88.9 Å². The molecular weight excluding hydrogens is 191 g/mol. The Morgan fingerprint density at radius 3 is 2.67 bits per heavy atom. The van der Waals surface area contributed by atoms with Gasteiger partial charge in [0.2, 0.25) is 0 Å². The molecule has 78 valence electrons. The van der Waals surface area contributed by atoms with Gasteiger partial charge in [-0.05, 0) is 24.0 Å². The van der Waals surface area contributed by atoms with Gasteiger partial charge in [-0.1, -0.05) is 18.7 Å². The Kier molecular flexibility index (Phi) is 3.65. The molecule has 0 aliphatic rings. The van der Waals surface area contributed by atoms with Crippen molar-refractivity contribution in [2.45, 2.75) is 6.92 Å². The van der Waals surface area contributed by atoms with Gasteiger partial charge in [0.1, 0.15) is 0 Å². The molecule has 0 saturated heterocycles. The van der Waals surface area contributed by atoms with E-state index >= 15 is 0 Å². The second-order valence-corrected chi connectivity index (χ2v) is 3.25. The molecule has 1 rings (SSSR count). The first-order chi connectivity index (χ1) is 7.00. The maximum atomic E-state index is 8.94. The van der Waals surface area contributed by atoms with E-state index in [0.717, 1.165) is 11.3 Å². The van der Waals surface area contributed by atoms with Crippen molar-refractivity contribution in [3.63, 3.8) is 0 Å². The number of nitrogens with zero attached hydrogens (tertiary/aromatic N) is 1. The second-order valence-electron chi connectivity index (χ2n) is 3.25. The Morgan fingerprint density at radius 1 is 1.53 bits per heavy atom. The van der Waals surface area contributed by atoms with E-state index in [1.807, 2.05) is 6.92 Å². The van der Waals surface area contributed by atoms with Crippen molar-refractivity contribution in [1.82, 2.24) is 0 Å². The lowest BCUT2D eigenvalue weighted by molar-refractivity contribution is 0.426. The van der Waals surface area contributed by atoms with Crippen molar-refractivity contribution in [3.05, 3.63) is 36.0 Å². The molecule has 0 aromatic heterocycles. The molecule has 0 fully saturated rings. The van der Waals surface area contributed by atoms with Gasteiger partial charge < -0.3 is 15.8 Å². The van der Waals surface area contributed by atoms with Gasteiger partial charge in [0, 0.05) is 11.9 Å². The first-order valence-electron chi connectivity index (χ1n) is 4.46. The third kappa shape index (κ3) is 3.23. The fraction of sp³-hybridized carbons (Fsp3) is 0.100. The fourth-order valence-corrected chi connectivity index (χ4v) is 1.14. The minimum atomic E-state index is -1.45. The smallest absolute Gasteiger partial charge is 0.423 e. The Bertz CT molecular complexity index is 402. The normalized spacial score (nSPS) is 10.6. The van der Waals surface area contributed by atoms with Gasteiger partial charge in [-0.15, -0.1) is 0 Å². The van der Waals surface area contributed by atoms with Crippen LogP contribution in [-0.4, -0.2) is 23.4 Å². The summed E-state index contributed by atoms with van der Waals surface area (Å²) in [4.78, 5) is 4.09. The van der Waals surface area contributed by atoms with Crippen molar-refractivity contribution in [2.24, 2.45) is 10.7 Å². The number of allylic oxidation sites excluding steroid dienone is 1. The highest BCUT2D eigenvalue weighted by atomic mass is 16.4. The number of aliphatic imine (C=N–C) groups is 1. The summed E-state index contributed by atoms with van der Waals surface area (Å²) in [6.45, 7) is 5.33. The van der Waals surface area contributed by atoms with Crippen LogP contribution in [0.1, 0.15) is 5.56 Å². The van der Waals surface area contributed by atoms with Gasteiger partial charge in [0.05, 0.1) is 5.69 Å². The standard InChI is InChI=1S/C10H13BN2O2/c1-7-5-9(11(14)15)3-4-10(7)13-6-8(2)12/h3-6,14-15H,2,12H2,1H3. The third-order valence-electron chi connectivity index (χ3n) is 1.89. The van der Waals surface area contributed by atoms with Crippen molar-refractivity contribution in [2.75, 3.05) is 0 Å². The Morgan fingerprint density at radius 2 is 2.20 bits per heavy atom. The zero-order chi connectivity index (χ0) is 11.4. The summed E-state index contributed by atoms with van der Waals surface area (Å²) in [5, 5.41) is 17.9. The van der Waals surface area contributed by atoms with Crippen LogP contribution in [0.2, 0.25) is 0 Å². The van der Waals surface area contributed by atoms with E-state index in [2.05, 4.69) is 11.6 Å². The molecule has 0 bridgehead atoms. The lowest BCUT2D eigenvalue weighted by Crippen LogP contribution is -2.29. The molecule has 0 aliphatic carbocycles. The first kappa shape index (κ1) is 11.5. The van der Waals surface area contributed by atoms with Crippen LogP contribution in [0.15, 0.2) is 35.5 Å². The van der Waals surface area contributed by atoms with Crippen LogP contribution in [0.3, 0.4) is 0 Å². The summed E-state index contributed by atoms with van der Waals surface area (Å²) in [6.07, 6.45) is 1.46. The Hall–Kier alpha value is -1.59. The second kappa shape index (κ2) is 4.77. The van der Waals surface area contributed by atoms with Gasteiger partial charge in [-0.2, -0.15) is 0 Å². The molecule has 0 saturated carbocycles. The summed E-state index contributed by atoms with van der Waals surface area (Å²) < 4.78 is 0. The maximum absolute atomic E-state index is 8.94. The quantitative estimate of drug-likeness (QED) is 0.473. The monoisotopic (exact) mass is 204 g/mol. The molecule has 1 aromatic rings. The van der Waals surface area contributed by atoms with Crippen molar-refractivity contribution in [3.8, 4) is 0 Å². The molecule has 0 amide bonds. The number of hydrogen-bond donors (Lipinski definition) is 3. The maximum Gasteiger partial charge on any atom is 0.488 e. The van der Waals surface area contributed by atoms with E-state index in [4.69, 9.17) is 15.8 Å². The highest BCUT2D eigenvalue weighted by Gasteiger charge is 2.11. The number of benzene rings is 1. The van der Waals surface area contributed by atoms with Crippen LogP contribution in [0.25, 0.3) is 0 Å². The topological polar surface area (TPSA) is 78.8 Å². The molecule has 4 nitrogen and oxygen atoms in total. The summed E-state index contributed by atoms with van der Waals surface area (Å²) in [7, 11) is -1.45. The average molecular weight is 204 g/mol. The fourth-order valence-electron chi connectivity index (χ4n) is 1.14. The van der Waals surface area contributed by atoms with Gasteiger partial charge in [0.25, 0.3) is 0 Å².